The van der Waals surface area contributed by atoms with Crippen molar-refractivity contribution in [3.05, 3.63) is 36.0 Å². The number of hydrogen-bond donors (Lipinski definition) is 0. The van der Waals surface area contributed by atoms with Crippen LogP contribution >= 0.6 is 0 Å². The van der Waals surface area contributed by atoms with Gasteiger partial charge in [-0.3, -0.25) is 0 Å². The Morgan fingerprint density at radius 1 is 1.40 bits per heavy atom. The van der Waals surface area contributed by atoms with Gasteiger partial charge in [-0.25, -0.2) is 0 Å². The van der Waals surface area contributed by atoms with Gasteiger partial charge < -0.3 is 0 Å². The Hall–Kier alpha value is -0.780. The average Bonchev–Trinajstić information content (AvgIpc) is 1.88. The molecule has 56 valence electrons. The number of rotatable bonds is 3. The van der Waals surface area contributed by atoms with Crippen LogP contribution in [0.5, 0.6) is 0 Å². The van der Waals surface area contributed by atoms with Crippen molar-refractivity contribution in [1.29, 1.82) is 0 Å². The van der Waals surface area contributed by atoms with Gasteiger partial charge in [-0.2, -0.15) is 0 Å². The van der Waals surface area contributed by atoms with Crippen LogP contribution in [0.1, 0.15) is 27.2 Å². The second-order valence-corrected chi connectivity index (χ2v) is 2.47. The molecule has 0 aromatic rings. The third-order valence-electron chi connectivity index (χ3n) is 1.39. The first kappa shape index (κ1) is 9.22. The maximum Gasteiger partial charge on any atom is -0.0376 e. The summed E-state index contributed by atoms with van der Waals surface area (Å²) in [4.78, 5) is 0. The highest BCUT2D eigenvalue weighted by atomic mass is 13.9. The van der Waals surface area contributed by atoms with Crippen molar-refractivity contribution in [2.45, 2.75) is 27.2 Å². The van der Waals surface area contributed by atoms with E-state index < -0.39 is 0 Å². The van der Waals surface area contributed by atoms with E-state index in [-0.39, 0.29) is 0 Å². The Morgan fingerprint density at radius 2 is 2.00 bits per heavy atom. The minimum absolute atomic E-state index is 1.10. The summed E-state index contributed by atoms with van der Waals surface area (Å²) in [5.41, 5.74) is 2.39. The molecule has 0 rings (SSSR count). The lowest BCUT2D eigenvalue weighted by Crippen LogP contribution is -1.73. The van der Waals surface area contributed by atoms with E-state index in [0.29, 0.717) is 0 Å². The Kier molecular flexibility index (Phi) is 4.65. The molecule has 0 N–H and O–H groups in total. The van der Waals surface area contributed by atoms with Crippen molar-refractivity contribution in [3.63, 3.8) is 0 Å². The summed E-state index contributed by atoms with van der Waals surface area (Å²) in [7, 11) is 0. The molecule has 0 fully saturated rings. The molecule has 0 amide bonds. The summed E-state index contributed by atoms with van der Waals surface area (Å²) in [5, 5.41) is 0. The van der Waals surface area contributed by atoms with Crippen molar-refractivity contribution < 1.29 is 0 Å². The van der Waals surface area contributed by atoms with Crippen molar-refractivity contribution in [2.24, 2.45) is 0 Å². The smallest absolute Gasteiger partial charge is 0.0376 e. The first-order valence-electron chi connectivity index (χ1n) is 3.67. The standard InChI is InChI=1S/C10H16/c1-5-6-7-8-10(4)9(2)3/h6-8H,2,5H2,1,3-4H3. The fourth-order valence-electron chi connectivity index (χ4n) is 0.491. The number of hydrogen-bond acceptors (Lipinski definition) is 0. The molecule has 0 aliphatic heterocycles. The van der Waals surface area contributed by atoms with Crippen LogP contribution in [0, 0.1) is 0 Å². The van der Waals surface area contributed by atoms with Crippen LogP contribution in [0.25, 0.3) is 0 Å². The molecular formula is C10H16. The van der Waals surface area contributed by atoms with E-state index in [0.717, 1.165) is 12.0 Å². The first-order chi connectivity index (χ1) is 4.68. The van der Waals surface area contributed by atoms with Crippen LogP contribution in [0.2, 0.25) is 0 Å². The van der Waals surface area contributed by atoms with Gasteiger partial charge in [-0.15, -0.1) is 0 Å². The third-order valence-corrected chi connectivity index (χ3v) is 1.39. The summed E-state index contributed by atoms with van der Waals surface area (Å²) < 4.78 is 0. The van der Waals surface area contributed by atoms with Crippen molar-refractivity contribution in [1.82, 2.24) is 0 Å². The zero-order valence-electron chi connectivity index (χ0n) is 7.15. The summed E-state index contributed by atoms with van der Waals surface area (Å²) in [6, 6.07) is 0. The zero-order chi connectivity index (χ0) is 7.98. The molecule has 0 aromatic carbocycles. The zero-order valence-corrected chi connectivity index (χ0v) is 7.15. The van der Waals surface area contributed by atoms with E-state index in [2.05, 4.69) is 38.7 Å². The fraction of sp³-hybridized carbons (Fsp3) is 0.400. The molecular weight excluding hydrogens is 120 g/mol. The Morgan fingerprint density at radius 3 is 2.40 bits per heavy atom. The highest BCUT2D eigenvalue weighted by molar-refractivity contribution is 5.27. The summed E-state index contributed by atoms with van der Waals surface area (Å²) in [6.07, 6.45) is 7.39. The van der Waals surface area contributed by atoms with Gasteiger partial charge in [0.05, 0.1) is 0 Å². The Balaban J connectivity index is 3.92. The van der Waals surface area contributed by atoms with E-state index in [1.807, 2.05) is 6.92 Å². The predicted molar refractivity (Wildman–Crippen MR) is 48.0 cm³/mol. The minimum atomic E-state index is 1.10. The molecule has 0 bridgehead atoms. The molecule has 0 spiro atoms. The van der Waals surface area contributed by atoms with Gasteiger partial charge in [-0.05, 0) is 25.8 Å². The van der Waals surface area contributed by atoms with Gasteiger partial charge in [0.25, 0.3) is 0 Å². The molecule has 0 aliphatic rings. The van der Waals surface area contributed by atoms with Crippen molar-refractivity contribution in [2.75, 3.05) is 0 Å². The third kappa shape index (κ3) is 4.13. The second kappa shape index (κ2) is 5.04. The van der Waals surface area contributed by atoms with Crippen LogP contribution in [-0.2, 0) is 0 Å². The second-order valence-electron chi connectivity index (χ2n) is 2.47. The van der Waals surface area contributed by atoms with Gasteiger partial charge in [0.1, 0.15) is 0 Å². The average molecular weight is 136 g/mol. The minimum Gasteiger partial charge on any atom is -0.0958 e. The normalized spacial score (nSPS) is 12.5. The molecule has 0 saturated carbocycles. The molecule has 10 heavy (non-hydrogen) atoms. The maximum atomic E-state index is 3.83. The van der Waals surface area contributed by atoms with Gasteiger partial charge in [0.2, 0.25) is 0 Å². The van der Waals surface area contributed by atoms with E-state index >= 15 is 0 Å². The lowest BCUT2D eigenvalue weighted by molar-refractivity contribution is 1.22. The van der Waals surface area contributed by atoms with Crippen LogP contribution in [-0.4, -0.2) is 0 Å². The van der Waals surface area contributed by atoms with Gasteiger partial charge in [0, 0.05) is 0 Å². The lowest BCUT2D eigenvalue weighted by Gasteiger charge is -1.93. The molecule has 0 atom stereocenters. The summed E-state index contributed by atoms with van der Waals surface area (Å²) >= 11 is 0. The van der Waals surface area contributed by atoms with E-state index in [4.69, 9.17) is 0 Å². The largest absolute Gasteiger partial charge is 0.0958 e. The fourth-order valence-corrected chi connectivity index (χ4v) is 0.491. The summed E-state index contributed by atoms with van der Waals surface area (Å²) in [5.74, 6) is 0. The number of allylic oxidation sites excluding steroid dienone is 5. The molecule has 0 unspecified atom stereocenters. The van der Waals surface area contributed by atoms with Crippen LogP contribution in [0.15, 0.2) is 36.0 Å². The Bertz CT molecular complexity index is 159. The lowest BCUT2D eigenvalue weighted by atomic mass is 10.1. The molecule has 0 radical (unpaired) electrons. The molecule has 0 heteroatoms. The van der Waals surface area contributed by atoms with E-state index in [1.165, 1.54) is 5.57 Å². The highest BCUT2D eigenvalue weighted by Crippen LogP contribution is 2.04. The predicted octanol–water partition coefficient (Wildman–Crippen LogP) is 3.48. The van der Waals surface area contributed by atoms with Gasteiger partial charge >= 0.3 is 0 Å². The molecule has 0 heterocycles. The summed E-state index contributed by atoms with van der Waals surface area (Å²) in [6.45, 7) is 10.0. The maximum absolute atomic E-state index is 3.83. The van der Waals surface area contributed by atoms with Gasteiger partial charge in [-0.1, -0.05) is 37.3 Å². The molecule has 0 aliphatic carbocycles. The van der Waals surface area contributed by atoms with Gasteiger partial charge in [0.15, 0.2) is 0 Å². The van der Waals surface area contributed by atoms with Crippen molar-refractivity contribution >= 4 is 0 Å². The monoisotopic (exact) mass is 136 g/mol. The molecule has 0 saturated heterocycles. The molecule has 0 nitrogen and oxygen atoms in total. The van der Waals surface area contributed by atoms with Crippen molar-refractivity contribution in [3.8, 4) is 0 Å². The van der Waals surface area contributed by atoms with Crippen LogP contribution < -0.4 is 0 Å². The molecule has 0 aromatic heterocycles. The SMILES string of the molecule is C=C(C)C(C)=CC=CCC. The van der Waals surface area contributed by atoms with Crippen LogP contribution in [0.4, 0.5) is 0 Å². The highest BCUT2D eigenvalue weighted by Gasteiger charge is 1.83. The topological polar surface area (TPSA) is 0 Å². The quantitative estimate of drug-likeness (QED) is 0.521. The van der Waals surface area contributed by atoms with E-state index in [1.54, 1.807) is 0 Å². The van der Waals surface area contributed by atoms with Crippen LogP contribution in [0.3, 0.4) is 0 Å². The van der Waals surface area contributed by atoms with E-state index in [9.17, 15) is 0 Å². The Labute approximate surface area is 64.0 Å². The first-order valence-corrected chi connectivity index (χ1v) is 3.67.